The van der Waals surface area contributed by atoms with E-state index in [9.17, 15) is 22.4 Å². The van der Waals surface area contributed by atoms with E-state index in [0.29, 0.717) is 5.56 Å². The molecule has 2 heterocycles. The van der Waals surface area contributed by atoms with Crippen molar-refractivity contribution in [2.45, 2.75) is 63.8 Å². The molecule has 1 saturated carbocycles. The Morgan fingerprint density at radius 2 is 1.94 bits per heavy atom. The summed E-state index contributed by atoms with van der Waals surface area (Å²) in [5, 5.41) is 4.93. The summed E-state index contributed by atoms with van der Waals surface area (Å²) in [5.41, 5.74) is 5.58. The molecule has 2 aromatic heterocycles. The molecule has 0 radical (unpaired) electrons. The van der Waals surface area contributed by atoms with Crippen molar-refractivity contribution >= 4 is 5.70 Å². The third-order valence-electron chi connectivity index (χ3n) is 5.84. The number of hydrogen-bond donors (Lipinski definition) is 2. The number of hydrazine groups is 1. The third-order valence-corrected chi connectivity index (χ3v) is 5.84. The van der Waals surface area contributed by atoms with Gasteiger partial charge in [-0.2, -0.15) is 5.10 Å². The van der Waals surface area contributed by atoms with Crippen molar-refractivity contribution in [1.82, 2.24) is 19.8 Å². The molecule has 0 atom stereocenters. The van der Waals surface area contributed by atoms with Gasteiger partial charge in [-0.1, -0.05) is 25.3 Å². The zero-order valence-corrected chi connectivity index (χ0v) is 18.4. The highest BCUT2D eigenvalue weighted by Crippen LogP contribution is 2.32. The molecule has 0 spiro atoms. The summed E-state index contributed by atoms with van der Waals surface area (Å²) in [6.07, 6.45) is -0.135. The Kier molecular flexibility index (Phi) is 8.06. The van der Waals surface area contributed by atoms with Gasteiger partial charge in [-0.05, 0) is 36.5 Å². The van der Waals surface area contributed by atoms with Crippen LogP contribution in [0.15, 0.2) is 34.9 Å². The van der Waals surface area contributed by atoms with Gasteiger partial charge >= 0.3 is 0 Å². The monoisotopic (exact) mass is 468 g/mol. The number of nitrogens with two attached hydrogens (primary N) is 2. The SMILES string of the molecule is CN(N)/C(=C(\N)c1cc(C2CCCCC2)c(=O)n(Cc2ncccc2CC(F)F)n1)C(F)F. The summed E-state index contributed by atoms with van der Waals surface area (Å²) in [4.78, 5) is 17.5. The highest BCUT2D eigenvalue weighted by atomic mass is 19.3. The first-order valence-corrected chi connectivity index (χ1v) is 10.8. The van der Waals surface area contributed by atoms with Gasteiger partial charge in [0.1, 0.15) is 11.4 Å². The minimum absolute atomic E-state index is 0.0193. The van der Waals surface area contributed by atoms with E-state index in [1.807, 2.05) is 0 Å². The molecule has 2 aromatic rings. The van der Waals surface area contributed by atoms with Gasteiger partial charge < -0.3 is 10.7 Å². The largest absolute Gasteiger partial charge is 0.395 e. The molecular formula is C22H28F4N6O. The molecule has 1 aliphatic rings. The molecular weight excluding hydrogens is 440 g/mol. The second-order valence-electron chi connectivity index (χ2n) is 8.20. The lowest BCUT2D eigenvalue weighted by atomic mass is 9.84. The highest BCUT2D eigenvalue weighted by molar-refractivity contribution is 5.63. The van der Waals surface area contributed by atoms with Gasteiger partial charge in [0, 0.05) is 25.2 Å². The zero-order chi connectivity index (χ0) is 24.1. The molecule has 11 heteroatoms. The minimum Gasteiger partial charge on any atom is -0.395 e. The summed E-state index contributed by atoms with van der Waals surface area (Å²) in [7, 11) is 1.23. The van der Waals surface area contributed by atoms with Crippen LogP contribution in [-0.2, 0) is 13.0 Å². The molecule has 0 bridgehead atoms. The van der Waals surface area contributed by atoms with Crippen LogP contribution in [0.2, 0.25) is 0 Å². The van der Waals surface area contributed by atoms with Crippen molar-refractivity contribution in [3.63, 3.8) is 0 Å². The van der Waals surface area contributed by atoms with Gasteiger partial charge in [0.05, 0.1) is 17.9 Å². The second-order valence-corrected chi connectivity index (χ2v) is 8.20. The fraction of sp³-hybridized carbons (Fsp3) is 0.500. The number of allylic oxidation sites excluding steroid dienone is 1. The van der Waals surface area contributed by atoms with Crippen molar-refractivity contribution in [2.75, 3.05) is 7.05 Å². The van der Waals surface area contributed by atoms with E-state index in [4.69, 9.17) is 11.6 Å². The molecule has 33 heavy (non-hydrogen) atoms. The predicted octanol–water partition coefficient (Wildman–Crippen LogP) is 3.24. The van der Waals surface area contributed by atoms with Crippen molar-refractivity contribution in [1.29, 1.82) is 0 Å². The molecule has 7 nitrogen and oxygen atoms in total. The van der Waals surface area contributed by atoms with Gasteiger partial charge in [-0.3, -0.25) is 9.78 Å². The quantitative estimate of drug-likeness (QED) is 0.350. The summed E-state index contributed by atoms with van der Waals surface area (Å²) in [5.74, 6) is 5.48. The van der Waals surface area contributed by atoms with Gasteiger partial charge in [-0.25, -0.2) is 28.1 Å². The van der Waals surface area contributed by atoms with Gasteiger partial charge in [0.15, 0.2) is 0 Å². The number of halogens is 4. The lowest BCUT2D eigenvalue weighted by Crippen LogP contribution is -2.34. The molecule has 3 rings (SSSR count). The van der Waals surface area contributed by atoms with Crippen LogP contribution in [0.5, 0.6) is 0 Å². The summed E-state index contributed by atoms with van der Waals surface area (Å²) in [6.45, 7) is -0.189. The molecule has 0 aliphatic heterocycles. The number of pyridine rings is 1. The molecule has 180 valence electrons. The topological polar surface area (TPSA) is 103 Å². The Morgan fingerprint density at radius 1 is 1.24 bits per heavy atom. The first kappa shape index (κ1) is 24.7. The maximum Gasteiger partial charge on any atom is 0.281 e. The molecule has 0 saturated heterocycles. The second kappa shape index (κ2) is 10.8. The van der Waals surface area contributed by atoms with Crippen LogP contribution < -0.4 is 17.1 Å². The first-order valence-electron chi connectivity index (χ1n) is 10.8. The molecule has 1 fully saturated rings. The molecule has 1 aliphatic carbocycles. The van der Waals surface area contributed by atoms with Crippen LogP contribution in [0.3, 0.4) is 0 Å². The average molecular weight is 468 g/mol. The van der Waals surface area contributed by atoms with Crippen molar-refractivity contribution in [3.05, 3.63) is 63.0 Å². The van der Waals surface area contributed by atoms with Crippen LogP contribution in [0, 0.1) is 0 Å². The van der Waals surface area contributed by atoms with E-state index >= 15 is 0 Å². The van der Waals surface area contributed by atoms with Crippen LogP contribution >= 0.6 is 0 Å². The number of nitrogens with zero attached hydrogens (tertiary/aromatic N) is 4. The maximum atomic E-state index is 13.6. The Bertz CT molecular complexity index is 1040. The lowest BCUT2D eigenvalue weighted by Gasteiger charge is -2.23. The standard InChI is InChI=1S/C22H28F4N6O/c1-31(28)20(21(25)26)19(27)16-11-15(13-6-3-2-4-7-13)22(33)32(30-16)12-17-14(10-18(23)24)8-5-9-29-17/h5,8-9,11,13,18,21H,2-4,6-7,10,12,27-28H2,1H3/b20-19-. The average Bonchev–Trinajstić information content (AvgIpc) is 2.76. The van der Waals surface area contributed by atoms with Crippen LogP contribution in [-0.4, -0.2) is 39.7 Å². The number of hydrogen-bond acceptors (Lipinski definition) is 6. The fourth-order valence-corrected chi connectivity index (χ4v) is 4.21. The van der Waals surface area contributed by atoms with Gasteiger partial charge in [-0.15, -0.1) is 0 Å². The predicted molar refractivity (Wildman–Crippen MR) is 116 cm³/mol. The Balaban J connectivity index is 2.15. The van der Waals surface area contributed by atoms with Crippen LogP contribution in [0.1, 0.15) is 60.5 Å². The van der Waals surface area contributed by atoms with Crippen LogP contribution in [0.4, 0.5) is 17.6 Å². The Morgan fingerprint density at radius 3 is 2.55 bits per heavy atom. The maximum absolute atomic E-state index is 13.6. The Labute approximate surface area is 189 Å². The zero-order valence-electron chi connectivity index (χ0n) is 18.4. The van der Waals surface area contributed by atoms with Gasteiger partial charge in [0.2, 0.25) is 6.43 Å². The lowest BCUT2D eigenvalue weighted by molar-refractivity contribution is 0.148. The van der Waals surface area contributed by atoms with E-state index in [2.05, 4.69) is 10.1 Å². The highest BCUT2D eigenvalue weighted by Gasteiger charge is 2.25. The summed E-state index contributed by atoms with van der Waals surface area (Å²) in [6, 6.07) is 4.50. The summed E-state index contributed by atoms with van der Waals surface area (Å²) >= 11 is 0. The smallest absolute Gasteiger partial charge is 0.281 e. The van der Waals surface area contributed by atoms with Crippen molar-refractivity contribution < 1.29 is 17.6 Å². The first-order chi connectivity index (χ1) is 15.7. The number of rotatable bonds is 8. The molecule has 0 aromatic carbocycles. The number of aromatic nitrogens is 3. The van der Waals surface area contributed by atoms with Gasteiger partial charge in [0.25, 0.3) is 12.0 Å². The summed E-state index contributed by atoms with van der Waals surface area (Å²) < 4.78 is 54.3. The van der Waals surface area contributed by atoms with E-state index in [1.165, 1.54) is 31.4 Å². The van der Waals surface area contributed by atoms with E-state index in [0.717, 1.165) is 41.8 Å². The van der Waals surface area contributed by atoms with Crippen LogP contribution in [0.25, 0.3) is 5.70 Å². The van der Waals surface area contributed by atoms with E-state index < -0.39 is 30.5 Å². The molecule has 0 unspecified atom stereocenters. The molecule has 4 N–H and O–H groups in total. The third kappa shape index (κ3) is 5.89. The fourth-order valence-electron chi connectivity index (χ4n) is 4.21. The Hall–Kier alpha value is -2.95. The van der Waals surface area contributed by atoms with Crippen molar-refractivity contribution in [3.8, 4) is 0 Å². The van der Waals surface area contributed by atoms with E-state index in [1.54, 1.807) is 0 Å². The number of alkyl halides is 4. The van der Waals surface area contributed by atoms with E-state index in [-0.39, 0.29) is 35.1 Å². The normalized spacial score (nSPS) is 15.8. The molecule has 0 amide bonds. The van der Waals surface area contributed by atoms with Crippen molar-refractivity contribution in [2.24, 2.45) is 11.6 Å². The minimum atomic E-state index is -2.96.